The van der Waals surface area contributed by atoms with Crippen molar-refractivity contribution in [3.63, 3.8) is 0 Å². The van der Waals surface area contributed by atoms with Gasteiger partial charge in [-0.1, -0.05) is 13.3 Å². The number of unbranched alkanes of at least 4 members (excludes halogenated alkanes) is 1. The Bertz CT molecular complexity index is 589. The fourth-order valence-corrected chi connectivity index (χ4v) is 3.58. The Hall–Kier alpha value is -1.85. The van der Waals surface area contributed by atoms with Crippen molar-refractivity contribution in [2.24, 2.45) is 5.92 Å². The maximum absolute atomic E-state index is 12.3. The number of hydrogen-bond donors (Lipinski definition) is 1. The van der Waals surface area contributed by atoms with E-state index in [-0.39, 0.29) is 5.91 Å². The molecule has 2 aliphatic rings. The van der Waals surface area contributed by atoms with E-state index in [9.17, 15) is 4.79 Å². The molecule has 0 aromatic carbocycles. The summed E-state index contributed by atoms with van der Waals surface area (Å²) < 4.78 is 0. The van der Waals surface area contributed by atoms with Gasteiger partial charge in [0.25, 0.3) is 0 Å². The molecule has 1 saturated carbocycles. The lowest BCUT2D eigenvalue weighted by molar-refractivity contribution is -0.130. The number of anilines is 2. The molecule has 1 aliphatic heterocycles. The van der Waals surface area contributed by atoms with Crippen LogP contribution in [0.15, 0.2) is 12.4 Å². The molecule has 26 heavy (non-hydrogen) atoms. The zero-order valence-corrected chi connectivity index (χ0v) is 16.3. The summed E-state index contributed by atoms with van der Waals surface area (Å²) in [5.41, 5.74) is 0. The zero-order valence-electron chi connectivity index (χ0n) is 16.3. The number of piperidine rings is 1. The Morgan fingerprint density at radius 3 is 2.96 bits per heavy atom. The standard InChI is InChI=1S/C20H33N5O/c1-3-4-11-24(2)20(26)10-7-16-6-5-12-25(14-16)19-13-18(21-15-22-19)23-17-8-9-17/h13,15-17H,3-12,14H2,1-2H3,(H,21,22,23)/t16-/m0/s1. The molecule has 2 fully saturated rings. The number of amides is 1. The summed E-state index contributed by atoms with van der Waals surface area (Å²) in [6.45, 7) is 5.07. The molecular formula is C20H33N5O. The van der Waals surface area contributed by atoms with Crippen LogP contribution in [-0.4, -0.2) is 53.5 Å². The molecule has 0 unspecified atom stereocenters. The molecule has 0 spiro atoms. The Morgan fingerprint density at radius 2 is 2.19 bits per heavy atom. The molecule has 1 aliphatic carbocycles. The summed E-state index contributed by atoms with van der Waals surface area (Å²) in [6.07, 6.45) is 10.4. The van der Waals surface area contributed by atoms with Crippen LogP contribution in [0, 0.1) is 5.92 Å². The largest absolute Gasteiger partial charge is 0.367 e. The second kappa shape index (κ2) is 9.19. The molecule has 2 heterocycles. The smallest absolute Gasteiger partial charge is 0.222 e. The van der Waals surface area contributed by atoms with Crippen LogP contribution in [0.2, 0.25) is 0 Å². The summed E-state index contributed by atoms with van der Waals surface area (Å²) >= 11 is 0. The third-order valence-electron chi connectivity index (χ3n) is 5.46. The van der Waals surface area contributed by atoms with Gasteiger partial charge in [-0.05, 0) is 44.4 Å². The fourth-order valence-electron chi connectivity index (χ4n) is 3.58. The highest BCUT2D eigenvalue weighted by atomic mass is 16.2. The molecule has 0 bridgehead atoms. The molecule has 1 amide bonds. The van der Waals surface area contributed by atoms with Crippen LogP contribution in [0.25, 0.3) is 0 Å². The van der Waals surface area contributed by atoms with Gasteiger partial charge in [-0.15, -0.1) is 0 Å². The molecule has 6 heteroatoms. The van der Waals surface area contributed by atoms with E-state index in [1.807, 2.05) is 11.9 Å². The predicted octanol–water partition coefficient (Wildman–Crippen LogP) is 3.31. The van der Waals surface area contributed by atoms with Crippen molar-refractivity contribution < 1.29 is 4.79 Å². The number of rotatable bonds is 9. The van der Waals surface area contributed by atoms with E-state index in [0.29, 0.717) is 18.4 Å². The lowest BCUT2D eigenvalue weighted by Crippen LogP contribution is -2.37. The number of aromatic nitrogens is 2. The monoisotopic (exact) mass is 359 g/mol. The maximum atomic E-state index is 12.3. The Balaban J connectivity index is 1.48. The van der Waals surface area contributed by atoms with Crippen LogP contribution < -0.4 is 10.2 Å². The summed E-state index contributed by atoms with van der Waals surface area (Å²) in [6, 6.07) is 2.67. The van der Waals surface area contributed by atoms with Gasteiger partial charge in [-0.25, -0.2) is 9.97 Å². The van der Waals surface area contributed by atoms with E-state index in [2.05, 4.69) is 33.2 Å². The molecule has 1 aromatic rings. The van der Waals surface area contributed by atoms with Gasteiger partial charge in [0, 0.05) is 45.2 Å². The van der Waals surface area contributed by atoms with E-state index >= 15 is 0 Å². The van der Waals surface area contributed by atoms with Gasteiger partial charge >= 0.3 is 0 Å². The van der Waals surface area contributed by atoms with E-state index in [0.717, 1.165) is 50.5 Å². The van der Waals surface area contributed by atoms with Crippen LogP contribution in [-0.2, 0) is 4.79 Å². The van der Waals surface area contributed by atoms with Gasteiger partial charge in [-0.2, -0.15) is 0 Å². The van der Waals surface area contributed by atoms with Gasteiger partial charge in [0.2, 0.25) is 5.91 Å². The fraction of sp³-hybridized carbons (Fsp3) is 0.750. The molecule has 0 radical (unpaired) electrons. The molecule has 6 nitrogen and oxygen atoms in total. The van der Waals surface area contributed by atoms with E-state index in [4.69, 9.17) is 0 Å². The topological polar surface area (TPSA) is 61.4 Å². The van der Waals surface area contributed by atoms with Gasteiger partial charge in [0.05, 0.1) is 0 Å². The second-order valence-electron chi connectivity index (χ2n) is 7.84. The molecule has 1 N–H and O–H groups in total. The molecule has 1 aromatic heterocycles. The van der Waals surface area contributed by atoms with Crippen molar-refractivity contribution in [1.29, 1.82) is 0 Å². The first-order valence-electron chi connectivity index (χ1n) is 10.2. The van der Waals surface area contributed by atoms with Crippen LogP contribution in [0.3, 0.4) is 0 Å². The highest BCUT2D eigenvalue weighted by Gasteiger charge is 2.24. The second-order valence-corrected chi connectivity index (χ2v) is 7.84. The van der Waals surface area contributed by atoms with Crippen molar-refractivity contribution in [3.05, 3.63) is 12.4 Å². The molecule has 144 valence electrons. The molecular weight excluding hydrogens is 326 g/mol. The van der Waals surface area contributed by atoms with Gasteiger partial charge in [0.15, 0.2) is 0 Å². The van der Waals surface area contributed by atoms with E-state index in [1.54, 1.807) is 6.33 Å². The van der Waals surface area contributed by atoms with Crippen molar-refractivity contribution in [3.8, 4) is 0 Å². The average Bonchev–Trinajstić information content (AvgIpc) is 3.48. The van der Waals surface area contributed by atoms with Crippen molar-refractivity contribution >= 4 is 17.5 Å². The number of carbonyl (C=O) groups excluding carboxylic acids is 1. The van der Waals surface area contributed by atoms with Crippen LogP contribution in [0.1, 0.15) is 58.3 Å². The normalized spacial score (nSPS) is 20.1. The number of nitrogens with one attached hydrogen (secondary N) is 1. The third kappa shape index (κ3) is 5.58. The van der Waals surface area contributed by atoms with E-state index in [1.165, 1.54) is 25.7 Å². The van der Waals surface area contributed by atoms with Crippen LogP contribution in [0.5, 0.6) is 0 Å². The minimum Gasteiger partial charge on any atom is -0.367 e. The Morgan fingerprint density at radius 1 is 1.35 bits per heavy atom. The van der Waals surface area contributed by atoms with Crippen molar-refractivity contribution in [2.75, 3.05) is 36.9 Å². The van der Waals surface area contributed by atoms with Gasteiger partial charge < -0.3 is 15.1 Å². The van der Waals surface area contributed by atoms with E-state index < -0.39 is 0 Å². The lowest BCUT2D eigenvalue weighted by atomic mass is 9.93. The lowest BCUT2D eigenvalue weighted by Gasteiger charge is -2.33. The summed E-state index contributed by atoms with van der Waals surface area (Å²) in [5.74, 6) is 2.81. The van der Waals surface area contributed by atoms with Crippen molar-refractivity contribution in [1.82, 2.24) is 14.9 Å². The molecule has 1 saturated heterocycles. The summed E-state index contributed by atoms with van der Waals surface area (Å²) in [4.78, 5) is 25.4. The first-order chi connectivity index (χ1) is 12.7. The van der Waals surface area contributed by atoms with Gasteiger partial charge in [-0.3, -0.25) is 4.79 Å². The van der Waals surface area contributed by atoms with Crippen LogP contribution in [0.4, 0.5) is 11.6 Å². The minimum absolute atomic E-state index is 0.286. The quantitative estimate of drug-likeness (QED) is 0.733. The third-order valence-corrected chi connectivity index (χ3v) is 5.46. The van der Waals surface area contributed by atoms with Crippen molar-refractivity contribution in [2.45, 2.75) is 64.3 Å². The minimum atomic E-state index is 0.286. The first-order valence-corrected chi connectivity index (χ1v) is 10.2. The maximum Gasteiger partial charge on any atom is 0.222 e. The molecule has 3 rings (SSSR count). The zero-order chi connectivity index (χ0) is 18.4. The highest BCUT2D eigenvalue weighted by Crippen LogP contribution is 2.28. The first kappa shape index (κ1) is 18.9. The number of hydrogen-bond acceptors (Lipinski definition) is 5. The van der Waals surface area contributed by atoms with Crippen LogP contribution >= 0.6 is 0 Å². The predicted molar refractivity (Wildman–Crippen MR) is 105 cm³/mol. The van der Waals surface area contributed by atoms with Gasteiger partial charge in [0.1, 0.15) is 18.0 Å². The summed E-state index contributed by atoms with van der Waals surface area (Å²) in [5, 5.41) is 3.45. The Kier molecular flexibility index (Phi) is 6.69. The average molecular weight is 360 g/mol. The summed E-state index contributed by atoms with van der Waals surface area (Å²) in [7, 11) is 1.93. The SMILES string of the molecule is CCCCN(C)C(=O)CC[C@@H]1CCCN(c2cc(NC3CC3)ncn2)C1. The number of carbonyl (C=O) groups is 1. The molecule has 1 atom stereocenters. The Labute approximate surface area is 157 Å². The highest BCUT2D eigenvalue weighted by molar-refractivity contribution is 5.75. The number of nitrogens with zero attached hydrogens (tertiary/aromatic N) is 4.